The zero-order chi connectivity index (χ0) is 21.2. The van der Waals surface area contributed by atoms with Gasteiger partial charge < -0.3 is 29.7 Å². The number of rotatable bonds is 9. The van der Waals surface area contributed by atoms with Crippen molar-refractivity contribution in [2.24, 2.45) is 0 Å². The predicted molar refractivity (Wildman–Crippen MR) is 123 cm³/mol. The van der Waals surface area contributed by atoms with Gasteiger partial charge >= 0.3 is 6.03 Å². The molecule has 3 rings (SSSR count). The van der Waals surface area contributed by atoms with E-state index in [0.717, 1.165) is 70.1 Å². The second kappa shape index (κ2) is 12.0. The fourth-order valence-electron chi connectivity index (χ4n) is 4.24. The van der Waals surface area contributed by atoms with Crippen LogP contribution in [-0.4, -0.2) is 99.3 Å². The molecule has 0 bridgehead atoms. The van der Waals surface area contributed by atoms with Gasteiger partial charge in [-0.2, -0.15) is 0 Å². The molecule has 2 aliphatic rings. The molecule has 1 aromatic rings. The number of unbranched alkanes of at least 4 members (excludes halogenated alkanes) is 1. The molecule has 7 nitrogen and oxygen atoms in total. The number of nitrogens with zero attached hydrogens (tertiary/aromatic N) is 4. The Balaban J connectivity index is 1.30. The first-order valence-corrected chi connectivity index (χ1v) is 11.7. The van der Waals surface area contributed by atoms with Crippen LogP contribution in [0.4, 0.5) is 10.5 Å². The van der Waals surface area contributed by atoms with Crippen molar-refractivity contribution in [3.05, 3.63) is 24.3 Å². The van der Waals surface area contributed by atoms with Gasteiger partial charge in [-0.3, -0.25) is 0 Å². The lowest BCUT2D eigenvalue weighted by molar-refractivity contribution is 0.135. The highest BCUT2D eigenvalue weighted by Gasteiger charge is 2.22. The van der Waals surface area contributed by atoms with E-state index in [2.05, 4.69) is 33.0 Å². The number of carbonyl (C=O) groups is 1. The lowest BCUT2D eigenvalue weighted by Crippen LogP contribution is -2.52. The zero-order valence-electron chi connectivity index (χ0n) is 18.8. The Morgan fingerprint density at radius 1 is 0.933 bits per heavy atom. The van der Waals surface area contributed by atoms with Crippen LogP contribution in [0.3, 0.4) is 0 Å². The Bertz CT molecular complexity index is 640. The topological polar surface area (TPSA) is 51.3 Å². The van der Waals surface area contributed by atoms with Crippen LogP contribution in [-0.2, 0) is 0 Å². The summed E-state index contributed by atoms with van der Waals surface area (Å²) in [6.45, 7) is 15.9. The summed E-state index contributed by atoms with van der Waals surface area (Å²) < 4.78 is 5.75. The average molecular weight is 418 g/mol. The van der Waals surface area contributed by atoms with E-state index in [4.69, 9.17) is 4.74 Å². The first-order valence-electron chi connectivity index (χ1n) is 11.7. The summed E-state index contributed by atoms with van der Waals surface area (Å²) in [7, 11) is 0. The van der Waals surface area contributed by atoms with Crippen molar-refractivity contribution in [3.63, 3.8) is 0 Å². The normalized spacial score (nSPS) is 18.5. The summed E-state index contributed by atoms with van der Waals surface area (Å²) in [5, 5.41) is 3.11. The number of likely N-dealkylation sites (N-methyl/N-ethyl adjacent to an activating group) is 1. The largest absolute Gasteiger partial charge is 0.492 e. The molecule has 168 valence electrons. The molecular weight excluding hydrogens is 378 g/mol. The van der Waals surface area contributed by atoms with E-state index >= 15 is 0 Å². The van der Waals surface area contributed by atoms with Crippen molar-refractivity contribution in [1.29, 1.82) is 0 Å². The van der Waals surface area contributed by atoms with Gasteiger partial charge in [-0.15, -0.1) is 0 Å². The number of para-hydroxylation sites is 2. The van der Waals surface area contributed by atoms with Crippen molar-refractivity contribution >= 4 is 11.7 Å². The van der Waals surface area contributed by atoms with Gasteiger partial charge in [-0.25, -0.2) is 4.79 Å². The van der Waals surface area contributed by atoms with Gasteiger partial charge in [0.2, 0.25) is 0 Å². The van der Waals surface area contributed by atoms with Crippen LogP contribution < -0.4 is 15.0 Å². The standard InChI is InChI=1S/C23H39N5O2/c1-3-25-13-15-26(16-14-25)12-8-7-11-24-23(29)28-19-17-27(18-20-28)21-9-5-6-10-22(21)30-4-2/h5-6,9-10H,3-4,7-8,11-20H2,1-2H3,(H,24,29). The van der Waals surface area contributed by atoms with Crippen molar-refractivity contribution in [1.82, 2.24) is 20.0 Å². The van der Waals surface area contributed by atoms with Crippen LogP contribution in [0.2, 0.25) is 0 Å². The number of anilines is 1. The molecule has 1 N–H and O–H groups in total. The molecule has 0 unspecified atom stereocenters. The maximum absolute atomic E-state index is 12.5. The van der Waals surface area contributed by atoms with Gasteiger partial charge in [0.05, 0.1) is 12.3 Å². The van der Waals surface area contributed by atoms with Crippen molar-refractivity contribution in [3.8, 4) is 5.75 Å². The highest BCUT2D eigenvalue weighted by atomic mass is 16.5. The van der Waals surface area contributed by atoms with E-state index < -0.39 is 0 Å². The third-order valence-corrected chi connectivity index (χ3v) is 6.16. The van der Waals surface area contributed by atoms with Crippen molar-refractivity contribution in [2.45, 2.75) is 26.7 Å². The fourth-order valence-corrected chi connectivity index (χ4v) is 4.24. The summed E-state index contributed by atoms with van der Waals surface area (Å²) in [5.74, 6) is 0.925. The Kier molecular flexibility index (Phi) is 9.08. The second-order valence-electron chi connectivity index (χ2n) is 8.09. The van der Waals surface area contributed by atoms with Gasteiger partial charge in [-0.1, -0.05) is 19.1 Å². The van der Waals surface area contributed by atoms with E-state index in [0.29, 0.717) is 6.61 Å². The summed E-state index contributed by atoms with van der Waals surface area (Å²) in [5.41, 5.74) is 1.12. The molecule has 0 radical (unpaired) electrons. The Labute approximate surface area is 181 Å². The molecule has 2 saturated heterocycles. The molecule has 7 heteroatoms. The molecule has 30 heavy (non-hydrogen) atoms. The predicted octanol–water partition coefficient (Wildman–Crippen LogP) is 2.33. The van der Waals surface area contributed by atoms with Gasteiger partial charge in [0.15, 0.2) is 0 Å². The summed E-state index contributed by atoms with van der Waals surface area (Å²) >= 11 is 0. The highest BCUT2D eigenvalue weighted by Crippen LogP contribution is 2.28. The number of hydrogen-bond acceptors (Lipinski definition) is 5. The van der Waals surface area contributed by atoms with Crippen LogP contribution in [0.25, 0.3) is 0 Å². The maximum atomic E-state index is 12.5. The number of urea groups is 1. The van der Waals surface area contributed by atoms with Crippen LogP contribution in [0, 0.1) is 0 Å². The van der Waals surface area contributed by atoms with Gasteiger partial charge in [0.1, 0.15) is 5.75 Å². The molecule has 0 aliphatic carbocycles. The number of amides is 2. The minimum absolute atomic E-state index is 0.0734. The molecule has 0 saturated carbocycles. The number of carbonyl (C=O) groups excluding carboxylic acids is 1. The quantitative estimate of drug-likeness (QED) is 0.625. The summed E-state index contributed by atoms with van der Waals surface area (Å²) in [6.07, 6.45) is 2.19. The van der Waals surface area contributed by atoms with Crippen LogP contribution in [0.15, 0.2) is 24.3 Å². The number of ether oxygens (including phenoxy) is 1. The van der Waals surface area contributed by atoms with E-state index in [-0.39, 0.29) is 6.03 Å². The molecule has 1 aromatic carbocycles. The monoisotopic (exact) mass is 417 g/mol. The average Bonchev–Trinajstić information content (AvgIpc) is 2.80. The van der Waals surface area contributed by atoms with Crippen LogP contribution in [0.5, 0.6) is 5.75 Å². The zero-order valence-corrected chi connectivity index (χ0v) is 18.8. The minimum Gasteiger partial charge on any atom is -0.492 e. The highest BCUT2D eigenvalue weighted by molar-refractivity contribution is 5.74. The molecule has 0 atom stereocenters. The lowest BCUT2D eigenvalue weighted by atomic mass is 10.2. The second-order valence-corrected chi connectivity index (χ2v) is 8.09. The third kappa shape index (κ3) is 6.51. The Hall–Kier alpha value is -1.99. The summed E-state index contributed by atoms with van der Waals surface area (Å²) in [4.78, 5) is 21.8. The van der Waals surface area contributed by atoms with Crippen LogP contribution >= 0.6 is 0 Å². The molecule has 2 amide bonds. The van der Waals surface area contributed by atoms with E-state index in [1.807, 2.05) is 30.0 Å². The van der Waals surface area contributed by atoms with E-state index in [9.17, 15) is 4.79 Å². The van der Waals surface area contributed by atoms with Gasteiger partial charge in [0, 0.05) is 58.9 Å². The van der Waals surface area contributed by atoms with Crippen molar-refractivity contribution < 1.29 is 9.53 Å². The first-order chi connectivity index (χ1) is 14.7. The number of piperazine rings is 2. The summed E-state index contributed by atoms with van der Waals surface area (Å²) in [6, 6.07) is 8.23. The smallest absolute Gasteiger partial charge is 0.317 e. The van der Waals surface area contributed by atoms with Gasteiger partial charge in [-0.05, 0) is 45.0 Å². The van der Waals surface area contributed by atoms with Crippen molar-refractivity contribution in [2.75, 3.05) is 83.5 Å². The minimum atomic E-state index is 0.0734. The van der Waals surface area contributed by atoms with E-state index in [1.54, 1.807) is 0 Å². The van der Waals surface area contributed by atoms with Gasteiger partial charge in [0.25, 0.3) is 0 Å². The number of nitrogens with one attached hydrogen (secondary N) is 1. The third-order valence-electron chi connectivity index (χ3n) is 6.16. The molecule has 2 heterocycles. The molecule has 2 aliphatic heterocycles. The number of hydrogen-bond donors (Lipinski definition) is 1. The molecule has 0 spiro atoms. The molecule has 2 fully saturated rings. The maximum Gasteiger partial charge on any atom is 0.317 e. The molecular formula is C23H39N5O2. The molecule has 0 aromatic heterocycles. The lowest BCUT2D eigenvalue weighted by Gasteiger charge is -2.36. The SMILES string of the molecule is CCOc1ccccc1N1CCN(C(=O)NCCCCN2CCN(CC)CC2)CC1. The Morgan fingerprint density at radius 3 is 2.33 bits per heavy atom. The number of benzene rings is 1. The van der Waals surface area contributed by atoms with E-state index in [1.165, 1.54) is 26.2 Å². The first kappa shape index (κ1) is 22.7. The fraction of sp³-hybridized carbons (Fsp3) is 0.696. The van der Waals surface area contributed by atoms with Crippen LogP contribution in [0.1, 0.15) is 26.7 Å². The Morgan fingerprint density at radius 2 is 1.63 bits per heavy atom.